The van der Waals surface area contributed by atoms with E-state index in [9.17, 15) is 0 Å². The van der Waals surface area contributed by atoms with Crippen molar-refractivity contribution in [2.45, 2.75) is 57.9 Å². The number of hydrogen-bond acceptors (Lipinski definition) is 1. The van der Waals surface area contributed by atoms with Crippen molar-refractivity contribution in [3.05, 3.63) is 46.0 Å². The van der Waals surface area contributed by atoms with Gasteiger partial charge in [0.2, 0.25) is 0 Å². The summed E-state index contributed by atoms with van der Waals surface area (Å²) in [7, 11) is 0. The predicted octanol–water partition coefficient (Wildman–Crippen LogP) is 5.77. The summed E-state index contributed by atoms with van der Waals surface area (Å²) in [6, 6.07) is 9.01. The molecule has 0 saturated carbocycles. The van der Waals surface area contributed by atoms with Crippen molar-refractivity contribution in [3.8, 4) is 0 Å². The van der Waals surface area contributed by atoms with E-state index in [1.807, 2.05) is 0 Å². The number of benzene rings is 1. The van der Waals surface area contributed by atoms with Gasteiger partial charge in [0.05, 0.1) is 6.04 Å². The first-order chi connectivity index (χ1) is 9.83. The van der Waals surface area contributed by atoms with Gasteiger partial charge in [-0.2, -0.15) is 0 Å². The molecular weight excluding hydrogens is 310 g/mol. The molecular formula is C18H26BrN. The van der Waals surface area contributed by atoms with Gasteiger partial charge in [-0.1, -0.05) is 65.5 Å². The molecule has 0 fully saturated rings. The number of hydrogen-bond donors (Lipinski definition) is 1. The lowest BCUT2D eigenvalue weighted by Gasteiger charge is -2.25. The van der Waals surface area contributed by atoms with Gasteiger partial charge in [-0.25, -0.2) is 0 Å². The summed E-state index contributed by atoms with van der Waals surface area (Å²) < 4.78 is 1.22. The third-order valence-electron chi connectivity index (χ3n) is 4.01. The van der Waals surface area contributed by atoms with Crippen LogP contribution in [0.2, 0.25) is 0 Å². The Morgan fingerprint density at radius 2 is 1.95 bits per heavy atom. The van der Waals surface area contributed by atoms with Crippen LogP contribution in [0.3, 0.4) is 0 Å². The lowest BCUT2D eigenvalue weighted by Crippen LogP contribution is -2.24. The quantitative estimate of drug-likeness (QED) is 0.673. The molecule has 1 aliphatic rings. The molecule has 0 spiro atoms. The molecule has 20 heavy (non-hydrogen) atoms. The van der Waals surface area contributed by atoms with Gasteiger partial charge in [0, 0.05) is 4.47 Å². The van der Waals surface area contributed by atoms with Gasteiger partial charge in [-0.05, 0) is 50.3 Å². The maximum absolute atomic E-state index is 3.75. The number of halogens is 1. The zero-order valence-corrected chi connectivity index (χ0v) is 14.1. The third-order valence-corrected chi connectivity index (χ3v) is 4.73. The van der Waals surface area contributed by atoms with Gasteiger partial charge in [-0.15, -0.1) is 0 Å². The first-order valence-electron chi connectivity index (χ1n) is 7.99. The van der Waals surface area contributed by atoms with Crippen LogP contribution in [0.1, 0.15) is 63.5 Å². The molecule has 1 aromatic rings. The fourth-order valence-electron chi connectivity index (χ4n) is 2.92. The topological polar surface area (TPSA) is 12.0 Å². The summed E-state index contributed by atoms with van der Waals surface area (Å²) in [6.07, 6.45) is 11.6. The highest BCUT2D eigenvalue weighted by molar-refractivity contribution is 9.10. The summed E-state index contributed by atoms with van der Waals surface area (Å²) >= 11 is 3.72. The summed E-state index contributed by atoms with van der Waals surface area (Å²) in [6.45, 7) is 3.31. The van der Waals surface area contributed by atoms with Crippen LogP contribution in [0.15, 0.2) is 40.4 Å². The summed E-state index contributed by atoms with van der Waals surface area (Å²) in [5.41, 5.74) is 2.97. The molecule has 0 radical (unpaired) electrons. The molecule has 1 nitrogen and oxygen atoms in total. The third kappa shape index (κ3) is 4.46. The van der Waals surface area contributed by atoms with Crippen molar-refractivity contribution in [1.29, 1.82) is 0 Å². The van der Waals surface area contributed by atoms with Crippen LogP contribution >= 0.6 is 15.9 Å². The molecule has 1 N–H and O–H groups in total. The van der Waals surface area contributed by atoms with Crippen LogP contribution in [-0.4, -0.2) is 6.54 Å². The summed E-state index contributed by atoms with van der Waals surface area (Å²) in [5.74, 6) is 0. The molecule has 0 aliphatic heterocycles. The molecule has 0 heterocycles. The molecule has 2 heteroatoms. The molecule has 1 aromatic carbocycles. The Bertz CT molecular complexity index is 439. The lowest BCUT2D eigenvalue weighted by atomic mass is 9.91. The Kier molecular flexibility index (Phi) is 6.81. The smallest absolute Gasteiger partial charge is 0.0547 e. The fourth-order valence-corrected chi connectivity index (χ4v) is 3.43. The molecule has 0 bridgehead atoms. The Balaban J connectivity index is 2.24. The minimum Gasteiger partial charge on any atom is -0.307 e. The van der Waals surface area contributed by atoms with Crippen LogP contribution in [0.4, 0.5) is 0 Å². The van der Waals surface area contributed by atoms with Crippen LogP contribution in [-0.2, 0) is 0 Å². The van der Waals surface area contributed by atoms with E-state index in [4.69, 9.17) is 0 Å². The van der Waals surface area contributed by atoms with E-state index in [0.29, 0.717) is 6.04 Å². The van der Waals surface area contributed by atoms with E-state index in [1.165, 1.54) is 55.0 Å². The average Bonchev–Trinajstić information content (AvgIpc) is 2.42. The van der Waals surface area contributed by atoms with E-state index in [-0.39, 0.29) is 0 Å². The molecule has 0 amide bonds. The SMILES string of the molecule is CCCNC(/C1=C/CCCCCC1)c1ccccc1Br. The van der Waals surface area contributed by atoms with Gasteiger partial charge in [0.1, 0.15) is 0 Å². The maximum Gasteiger partial charge on any atom is 0.0547 e. The first-order valence-corrected chi connectivity index (χ1v) is 8.79. The molecule has 1 aliphatic carbocycles. The van der Waals surface area contributed by atoms with Crippen molar-refractivity contribution in [2.75, 3.05) is 6.54 Å². The monoisotopic (exact) mass is 335 g/mol. The Morgan fingerprint density at radius 3 is 2.75 bits per heavy atom. The van der Waals surface area contributed by atoms with Crippen molar-refractivity contribution in [3.63, 3.8) is 0 Å². The highest BCUT2D eigenvalue weighted by Gasteiger charge is 2.18. The molecule has 1 unspecified atom stereocenters. The highest BCUT2D eigenvalue weighted by atomic mass is 79.9. The highest BCUT2D eigenvalue weighted by Crippen LogP contribution is 2.32. The normalized spacial score (nSPS) is 20.6. The van der Waals surface area contributed by atoms with Crippen molar-refractivity contribution in [2.24, 2.45) is 0 Å². The average molecular weight is 336 g/mol. The summed E-state index contributed by atoms with van der Waals surface area (Å²) in [5, 5.41) is 3.75. The van der Waals surface area contributed by atoms with Gasteiger partial charge in [-0.3, -0.25) is 0 Å². The van der Waals surface area contributed by atoms with Crippen molar-refractivity contribution < 1.29 is 0 Å². The second-order valence-corrected chi connectivity index (χ2v) is 6.49. The number of nitrogens with one attached hydrogen (secondary N) is 1. The standard InChI is InChI=1S/C18H26BrN/c1-2-14-20-18(16-12-8-9-13-17(16)19)15-10-6-4-3-5-7-11-15/h8-10,12-13,18,20H,2-7,11,14H2,1H3/b15-10+. The second-order valence-electron chi connectivity index (χ2n) is 5.64. The van der Waals surface area contributed by atoms with Gasteiger partial charge < -0.3 is 5.32 Å². The molecule has 110 valence electrons. The van der Waals surface area contributed by atoms with E-state index in [2.05, 4.69) is 58.5 Å². The van der Waals surface area contributed by atoms with E-state index in [0.717, 1.165) is 6.54 Å². The minimum absolute atomic E-state index is 0.378. The van der Waals surface area contributed by atoms with Crippen LogP contribution in [0.5, 0.6) is 0 Å². The number of allylic oxidation sites excluding steroid dienone is 1. The van der Waals surface area contributed by atoms with Gasteiger partial charge >= 0.3 is 0 Å². The molecule has 0 aromatic heterocycles. The zero-order chi connectivity index (χ0) is 14.2. The number of rotatable bonds is 5. The van der Waals surface area contributed by atoms with E-state index < -0.39 is 0 Å². The first kappa shape index (κ1) is 15.8. The largest absolute Gasteiger partial charge is 0.307 e. The van der Waals surface area contributed by atoms with Crippen molar-refractivity contribution in [1.82, 2.24) is 5.32 Å². The Labute approximate surface area is 132 Å². The van der Waals surface area contributed by atoms with Crippen molar-refractivity contribution >= 4 is 15.9 Å². The zero-order valence-electron chi connectivity index (χ0n) is 12.5. The maximum atomic E-state index is 3.75. The second kappa shape index (κ2) is 8.63. The molecule has 0 saturated heterocycles. The van der Waals surface area contributed by atoms with Crippen LogP contribution in [0, 0.1) is 0 Å². The van der Waals surface area contributed by atoms with Gasteiger partial charge in [0.15, 0.2) is 0 Å². The lowest BCUT2D eigenvalue weighted by molar-refractivity contribution is 0.539. The Morgan fingerprint density at radius 1 is 1.15 bits per heavy atom. The van der Waals surface area contributed by atoms with E-state index >= 15 is 0 Å². The van der Waals surface area contributed by atoms with Crippen LogP contribution < -0.4 is 5.32 Å². The van der Waals surface area contributed by atoms with Gasteiger partial charge in [0.25, 0.3) is 0 Å². The fraction of sp³-hybridized carbons (Fsp3) is 0.556. The summed E-state index contributed by atoms with van der Waals surface area (Å²) in [4.78, 5) is 0. The molecule has 2 rings (SSSR count). The predicted molar refractivity (Wildman–Crippen MR) is 91.0 cm³/mol. The van der Waals surface area contributed by atoms with Crippen LogP contribution in [0.25, 0.3) is 0 Å². The minimum atomic E-state index is 0.378. The Hall–Kier alpha value is -0.600. The molecule has 1 atom stereocenters. The van der Waals surface area contributed by atoms with E-state index in [1.54, 1.807) is 5.57 Å².